The number of para-hydroxylation sites is 1. The average Bonchev–Trinajstić information content (AvgIpc) is 3.55. The van der Waals surface area contributed by atoms with Gasteiger partial charge in [0.25, 0.3) is 15.9 Å². The Hall–Kier alpha value is -3.08. The first-order chi connectivity index (χ1) is 17.8. The summed E-state index contributed by atoms with van der Waals surface area (Å²) in [5.74, 6) is -1.44. The largest absolute Gasteiger partial charge is 0.469 e. The number of esters is 1. The smallest absolute Gasteiger partial charge is 0.408 e. The number of rotatable bonds is 15. The highest BCUT2D eigenvalue weighted by Gasteiger charge is 2.61. The van der Waals surface area contributed by atoms with Crippen molar-refractivity contribution < 1.29 is 32.3 Å². The van der Waals surface area contributed by atoms with E-state index >= 15 is 0 Å². The summed E-state index contributed by atoms with van der Waals surface area (Å²) in [7, 11) is -2.84. The molecule has 0 aromatic heterocycles. The van der Waals surface area contributed by atoms with Crippen molar-refractivity contribution in [2.24, 2.45) is 5.92 Å². The highest BCUT2D eigenvalue weighted by Crippen LogP contribution is 2.45. The summed E-state index contributed by atoms with van der Waals surface area (Å²) in [6.07, 6.45) is 6.95. The zero-order chi connectivity index (χ0) is 28.4. The monoisotopic (exact) mass is 551 g/mol. The van der Waals surface area contributed by atoms with Crippen molar-refractivity contribution in [3.8, 4) is 0 Å². The van der Waals surface area contributed by atoms with Crippen LogP contribution in [-0.4, -0.2) is 51.2 Å². The molecule has 1 aromatic carbocycles. The molecule has 1 saturated carbocycles. The Morgan fingerprint density at radius 2 is 1.71 bits per heavy atom. The maximum Gasteiger partial charge on any atom is 0.408 e. The Kier molecular flexibility index (Phi) is 11.2. The van der Waals surface area contributed by atoms with Crippen LogP contribution in [0.2, 0.25) is 0 Å². The lowest BCUT2D eigenvalue weighted by molar-refractivity contribution is -0.140. The summed E-state index contributed by atoms with van der Waals surface area (Å²) in [6.45, 7) is 9.32. The molecule has 11 heteroatoms. The van der Waals surface area contributed by atoms with E-state index in [-0.39, 0.29) is 17.3 Å². The molecule has 0 spiro atoms. The Bertz CT molecular complexity index is 1100. The second-order valence-electron chi connectivity index (χ2n) is 10.4. The minimum atomic E-state index is -4.23. The molecule has 0 bridgehead atoms. The van der Waals surface area contributed by atoms with Crippen LogP contribution < -0.4 is 15.4 Å². The second kappa shape index (κ2) is 13.6. The maximum atomic E-state index is 13.2. The van der Waals surface area contributed by atoms with Gasteiger partial charge in [-0.2, -0.15) is 0 Å². The van der Waals surface area contributed by atoms with Gasteiger partial charge >= 0.3 is 12.1 Å². The second-order valence-corrected chi connectivity index (χ2v) is 12.1. The summed E-state index contributed by atoms with van der Waals surface area (Å²) in [6, 6.07) is 6.36. The van der Waals surface area contributed by atoms with Crippen LogP contribution in [0.5, 0.6) is 0 Å². The Balaban J connectivity index is 1.92. The third-order valence-electron chi connectivity index (χ3n) is 6.18. The zero-order valence-corrected chi connectivity index (χ0v) is 23.6. The molecule has 1 aliphatic rings. The number of unbranched alkanes of at least 4 members (excludes halogenated alkanes) is 5. The van der Waals surface area contributed by atoms with Crippen LogP contribution in [0.15, 0.2) is 41.8 Å². The lowest BCUT2D eigenvalue weighted by atomic mass is 10.1. The van der Waals surface area contributed by atoms with Gasteiger partial charge in [0.2, 0.25) is 0 Å². The lowest BCUT2D eigenvalue weighted by Gasteiger charge is -2.24. The van der Waals surface area contributed by atoms with Crippen LogP contribution >= 0.6 is 0 Å². The first kappa shape index (κ1) is 31.1. The minimum Gasteiger partial charge on any atom is -0.469 e. The van der Waals surface area contributed by atoms with Crippen LogP contribution in [0.25, 0.3) is 0 Å². The van der Waals surface area contributed by atoms with E-state index in [1.165, 1.54) is 19.3 Å². The van der Waals surface area contributed by atoms with Crippen LogP contribution in [0, 0.1) is 5.92 Å². The van der Waals surface area contributed by atoms with Crippen molar-refractivity contribution in [3.05, 3.63) is 36.9 Å². The lowest BCUT2D eigenvalue weighted by Crippen LogP contribution is -2.52. The molecular formula is C27H41N3O7S. The predicted octanol–water partition coefficient (Wildman–Crippen LogP) is 4.28. The molecule has 10 nitrogen and oxygen atoms in total. The molecule has 1 fully saturated rings. The van der Waals surface area contributed by atoms with Gasteiger partial charge in [0.1, 0.15) is 16.0 Å². The van der Waals surface area contributed by atoms with Crippen molar-refractivity contribution in [1.82, 2.24) is 10.0 Å². The highest BCUT2D eigenvalue weighted by molar-refractivity contribution is 7.90. The minimum absolute atomic E-state index is 0.0561. The fraction of sp³-hybridized carbons (Fsp3) is 0.593. The van der Waals surface area contributed by atoms with E-state index in [2.05, 4.69) is 26.7 Å². The number of carbonyl (C=O) groups is 3. The van der Waals surface area contributed by atoms with Crippen molar-refractivity contribution in [3.63, 3.8) is 0 Å². The van der Waals surface area contributed by atoms with E-state index in [0.717, 1.165) is 38.5 Å². The standard InChI is InChI=1S/C27H41N3O7S/c1-6-20-19-27(20,29-25(33)37-26(2,3)4)24(32)30-38(34,35)22-16-13-12-15-21(22)28-18-14-10-8-7-9-11-17-23(31)36-5/h6,12-13,15-16,20,28H,1,7-11,14,17-19H2,2-5H3,(H,29,33)(H,30,32)/t20-,27-/m1/s1. The summed E-state index contributed by atoms with van der Waals surface area (Å²) < 4.78 is 38.4. The van der Waals surface area contributed by atoms with Gasteiger partial charge in [-0.3, -0.25) is 9.59 Å². The number of benzene rings is 1. The number of carbonyl (C=O) groups excluding carboxylic acids is 3. The number of alkyl carbamates (subject to hydrolysis) is 1. The van der Waals surface area contributed by atoms with Crippen LogP contribution in [-0.2, 0) is 29.1 Å². The molecule has 0 heterocycles. The molecule has 0 radical (unpaired) electrons. The number of ether oxygens (including phenoxy) is 2. The van der Waals surface area contributed by atoms with Gasteiger partial charge in [-0.25, -0.2) is 17.9 Å². The summed E-state index contributed by atoms with van der Waals surface area (Å²) >= 11 is 0. The number of amides is 2. The fourth-order valence-electron chi connectivity index (χ4n) is 4.06. The molecule has 0 aliphatic heterocycles. The molecule has 2 rings (SSSR count). The molecule has 1 aromatic rings. The molecule has 2 atom stereocenters. The van der Waals surface area contributed by atoms with Crippen LogP contribution in [0.4, 0.5) is 10.5 Å². The average molecular weight is 552 g/mol. The van der Waals surface area contributed by atoms with E-state index in [9.17, 15) is 22.8 Å². The Morgan fingerprint density at radius 1 is 1.08 bits per heavy atom. The van der Waals surface area contributed by atoms with E-state index in [1.807, 2.05) is 0 Å². The van der Waals surface area contributed by atoms with Crippen molar-refractivity contribution in [1.29, 1.82) is 0 Å². The summed E-state index contributed by atoms with van der Waals surface area (Å²) in [5.41, 5.74) is -1.83. The Morgan fingerprint density at radius 3 is 2.32 bits per heavy atom. The summed E-state index contributed by atoms with van der Waals surface area (Å²) in [4.78, 5) is 36.5. The van der Waals surface area contributed by atoms with Gasteiger partial charge < -0.3 is 20.1 Å². The van der Waals surface area contributed by atoms with E-state index in [0.29, 0.717) is 18.7 Å². The van der Waals surface area contributed by atoms with E-state index < -0.39 is 39.1 Å². The molecular weight excluding hydrogens is 510 g/mol. The van der Waals surface area contributed by atoms with Crippen molar-refractivity contribution in [2.45, 2.75) is 88.2 Å². The third-order valence-corrected chi connectivity index (χ3v) is 7.57. The first-order valence-corrected chi connectivity index (χ1v) is 14.4. The molecule has 212 valence electrons. The SMILES string of the molecule is C=C[C@@H]1C[C@]1(NC(=O)OC(C)(C)C)C(=O)NS(=O)(=O)c1ccccc1NCCCCCCCCC(=O)OC. The van der Waals surface area contributed by atoms with Gasteiger partial charge in [-0.1, -0.05) is 43.9 Å². The van der Waals surface area contributed by atoms with E-state index in [4.69, 9.17) is 4.74 Å². The maximum absolute atomic E-state index is 13.2. The molecule has 2 amide bonds. The van der Waals surface area contributed by atoms with Gasteiger partial charge in [0.05, 0.1) is 12.8 Å². The highest BCUT2D eigenvalue weighted by atomic mass is 32.2. The molecule has 1 aliphatic carbocycles. The van der Waals surface area contributed by atoms with Gasteiger partial charge in [-0.15, -0.1) is 6.58 Å². The molecule has 0 unspecified atom stereocenters. The van der Waals surface area contributed by atoms with Gasteiger partial charge in [-0.05, 0) is 52.2 Å². The number of nitrogens with one attached hydrogen (secondary N) is 3. The summed E-state index contributed by atoms with van der Waals surface area (Å²) in [5, 5.41) is 5.69. The molecule has 0 saturated heterocycles. The van der Waals surface area contributed by atoms with Crippen molar-refractivity contribution in [2.75, 3.05) is 19.0 Å². The quantitative estimate of drug-likeness (QED) is 0.167. The first-order valence-electron chi connectivity index (χ1n) is 13.0. The number of hydrogen-bond donors (Lipinski definition) is 3. The van der Waals surface area contributed by atoms with Gasteiger partial charge in [0.15, 0.2) is 0 Å². The van der Waals surface area contributed by atoms with Crippen LogP contribution in [0.1, 0.15) is 72.1 Å². The van der Waals surface area contributed by atoms with E-state index in [1.54, 1.807) is 39.0 Å². The number of sulfonamides is 1. The third kappa shape index (κ3) is 9.34. The Labute approximate surface area is 226 Å². The number of methoxy groups -OCH3 is 1. The predicted molar refractivity (Wildman–Crippen MR) is 145 cm³/mol. The fourth-order valence-corrected chi connectivity index (χ4v) is 5.29. The topological polar surface area (TPSA) is 140 Å². The van der Waals surface area contributed by atoms with Crippen molar-refractivity contribution >= 4 is 33.7 Å². The number of hydrogen-bond acceptors (Lipinski definition) is 8. The van der Waals surface area contributed by atoms with Crippen LogP contribution in [0.3, 0.4) is 0 Å². The molecule has 3 N–H and O–H groups in total. The number of anilines is 1. The van der Waals surface area contributed by atoms with Gasteiger partial charge in [0, 0.05) is 18.9 Å². The normalized spacial score (nSPS) is 18.7. The zero-order valence-electron chi connectivity index (χ0n) is 22.8. The molecule has 38 heavy (non-hydrogen) atoms.